The molecule has 0 unspecified atom stereocenters. The van der Waals surface area contributed by atoms with Crippen molar-refractivity contribution in [3.05, 3.63) is 48.2 Å². The van der Waals surface area contributed by atoms with Crippen LogP contribution in [-0.2, 0) is 0 Å². The summed E-state index contributed by atoms with van der Waals surface area (Å²) in [6.45, 7) is 2.07. The van der Waals surface area contributed by atoms with Crippen LogP contribution in [0.5, 0.6) is 0 Å². The minimum Gasteiger partial charge on any atom is -0.369 e. The number of aromatic nitrogens is 1. The molecule has 6 heteroatoms. The first kappa shape index (κ1) is 16.6. The molecule has 0 radical (unpaired) electrons. The van der Waals surface area contributed by atoms with Crippen LogP contribution in [0.2, 0.25) is 0 Å². The Bertz CT molecular complexity index is 862. The maximum Gasteiger partial charge on any atom is 0.220 e. The standard InChI is InChI=1S/C20H24N6/c1-14-9-12-23-17(13-14)15-5-7-16(8-6-15)26-19(22)24-18(21)25-20(26)10-3-2-4-11-20/h5-9,12-13H,2-4,10-11H2,1H3,(H4,21,22,24,25). The molecule has 2 heterocycles. The van der Waals surface area contributed by atoms with Gasteiger partial charge in [-0.2, -0.15) is 4.99 Å². The quantitative estimate of drug-likeness (QED) is 0.872. The lowest BCUT2D eigenvalue weighted by Gasteiger charge is -2.45. The van der Waals surface area contributed by atoms with Crippen LogP contribution in [0.4, 0.5) is 5.69 Å². The van der Waals surface area contributed by atoms with Crippen LogP contribution in [0.25, 0.3) is 11.3 Å². The molecule has 6 nitrogen and oxygen atoms in total. The van der Waals surface area contributed by atoms with E-state index in [9.17, 15) is 0 Å². The van der Waals surface area contributed by atoms with Crippen molar-refractivity contribution >= 4 is 17.6 Å². The number of nitrogens with zero attached hydrogens (tertiary/aromatic N) is 4. The third-order valence-corrected chi connectivity index (χ3v) is 5.19. The number of aliphatic imine (C=N–C) groups is 2. The molecular weight excluding hydrogens is 324 g/mol. The molecule has 1 aliphatic heterocycles. The molecule has 0 saturated heterocycles. The van der Waals surface area contributed by atoms with Crippen LogP contribution in [0.1, 0.15) is 37.7 Å². The van der Waals surface area contributed by atoms with Gasteiger partial charge < -0.3 is 11.5 Å². The molecule has 4 rings (SSSR count). The Morgan fingerprint density at radius 3 is 2.42 bits per heavy atom. The minimum absolute atomic E-state index is 0.279. The molecule has 1 saturated carbocycles. The van der Waals surface area contributed by atoms with Crippen LogP contribution in [0, 0.1) is 6.92 Å². The van der Waals surface area contributed by atoms with Crippen molar-refractivity contribution in [2.45, 2.75) is 44.7 Å². The zero-order valence-corrected chi connectivity index (χ0v) is 15.0. The number of hydrogen-bond acceptors (Lipinski definition) is 6. The van der Waals surface area contributed by atoms with E-state index in [1.54, 1.807) is 0 Å². The second kappa shape index (κ2) is 6.44. The predicted octanol–water partition coefficient (Wildman–Crippen LogP) is 3.17. The fourth-order valence-corrected chi connectivity index (χ4v) is 3.97. The number of nitrogens with two attached hydrogens (primary N) is 2. The van der Waals surface area contributed by atoms with Crippen LogP contribution >= 0.6 is 0 Å². The summed E-state index contributed by atoms with van der Waals surface area (Å²) in [5.41, 5.74) is 16.0. The van der Waals surface area contributed by atoms with Crippen molar-refractivity contribution in [3.8, 4) is 11.3 Å². The maximum absolute atomic E-state index is 6.28. The van der Waals surface area contributed by atoms with Crippen molar-refractivity contribution in [1.29, 1.82) is 0 Å². The highest BCUT2D eigenvalue weighted by Crippen LogP contribution is 2.39. The largest absolute Gasteiger partial charge is 0.369 e. The summed E-state index contributed by atoms with van der Waals surface area (Å²) in [5, 5.41) is 0. The molecule has 2 aliphatic rings. The maximum atomic E-state index is 6.28. The van der Waals surface area contributed by atoms with Gasteiger partial charge in [-0.3, -0.25) is 9.88 Å². The molecule has 2 aromatic rings. The molecule has 1 aromatic heterocycles. The number of pyridine rings is 1. The Labute approximate surface area is 153 Å². The monoisotopic (exact) mass is 348 g/mol. The van der Waals surface area contributed by atoms with Crippen molar-refractivity contribution in [2.75, 3.05) is 4.90 Å². The Kier molecular flexibility index (Phi) is 4.11. The molecule has 4 N–H and O–H groups in total. The topological polar surface area (TPSA) is 92.9 Å². The van der Waals surface area contributed by atoms with Gasteiger partial charge >= 0.3 is 0 Å². The molecule has 1 aliphatic carbocycles. The zero-order valence-electron chi connectivity index (χ0n) is 15.0. The van der Waals surface area contributed by atoms with Gasteiger partial charge in [0.15, 0.2) is 0 Å². The smallest absolute Gasteiger partial charge is 0.220 e. The van der Waals surface area contributed by atoms with Crippen molar-refractivity contribution in [2.24, 2.45) is 21.5 Å². The van der Waals surface area contributed by atoms with Gasteiger partial charge in [0.25, 0.3) is 0 Å². The zero-order chi connectivity index (χ0) is 18.1. The van der Waals surface area contributed by atoms with Gasteiger partial charge in [-0.05, 0) is 62.4 Å². The summed E-state index contributed by atoms with van der Waals surface area (Å²) < 4.78 is 0. The Morgan fingerprint density at radius 1 is 1.00 bits per heavy atom. The average molecular weight is 348 g/mol. The normalized spacial score (nSPS) is 19.2. The summed E-state index contributed by atoms with van der Waals surface area (Å²) >= 11 is 0. The summed E-state index contributed by atoms with van der Waals surface area (Å²) in [6.07, 6.45) is 7.16. The van der Waals surface area contributed by atoms with Crippen LogP contribution < -0.4 is 16.4 Å². The van der Waals surface area contributed by atoms with Crippen molar-refractivity contribution in [1.82, 2.24) is 4.98 Å². The first-order chi connectivity index (χ1) is 12.6. The molecule has 26 heavy (non-hydrogen) atoms. The van der Waals surface area contributed by atoms with Gasteiger partial charge in [-0.1, -0.05) is 18.6 Å². The van der Waals surface area contributed by atoms with E-state index in [1.807, 2.05) is 12.3 Å². The fraction of sp³-hybridized carbons (Fsp3) is 0.350. The molecular formula is C20H24N6. The lowest BCUT2D eigenvalue weighted by Crippen LogP contribution is -2.58. The Hall–Kier alpha value is -2.89. The molecule has 1 fully saturated rings. The molecule has 1 spiro atoms. The molecule has 0 amide bonds. The highest BCUT2D eigenvalue weighted by molar-refractivity contribution is 6.05. The lowest BCUT2D eigenvalue weighted by molar-refractivity contribution is 0.305. The predicted molar refractivity (Wildman–Crippen MR) is 106 cm³/mol. The number of hydrogen-bond donors (Lipinski definition) is 2. The number of aryl methyl sites for hydroxylation is 1. The van der Waals surface area contributed by atoms with E-state index in [0.717, 1.165) is 42.6 Å². The number of anilines is 1. The summed E-state index contributed by atoms with van der Waals surface area (Å²) in [7, 11) is 0. The van der Waals surface area contributed by atoms with Gasteiger partial charge in [0.2, 0.25) is 11.9 Å². The second-order valence-electron chi connectivity index (χ2n) is 7.08. The van der Waals surface area contributed by atoms with Crippen molar-refractivity contribution in [3.63, 3.8) is 0 Å². The second-order valence-corrected chi connectivity index (χ2v) is 7.08. The van der Waals surface area contributed by atoms with E-state index in [4.69, 9.17) is 16.5 Å². The van der Waals surface area contributed by atoms with E-state index in [1.165, 1.54) is 12.0 Å². The van der Waals surface area contributed by atoms with Gasteiger partial charge in [0.1, 0.15) is 5.66 Å². The average Bonchev–Trinajstić information content (AvgIpc) is 2.62. The molecule has 1 aromatic carbocycles. The number of benzene rings is 1. The van der Waals surface area contributed by atoms with Gasteiger partial charge in [0, 0.05) is 17.4 Å². The Balaban J connectivity index is 1.70. The van der Waals surface area contributed by atoms with Gasteiger partial charge in [-0.15, -0.1) is 0 Å². The third-order valence-electron chi connectivity index (χ3n) is 5.19. The Morgan fingerprint density at radius 2 is 1.73 bits per heavy atom. The molecule has 0 bridgehead atoms. The fourth-order valence-electron chi connectivity index (χ4n) is 3.97. The van der Waals surface area contributed by atoms with E-state index in [0.29, 0.717) is 5.96 Å². The third kappa shape index (κ3) is 2.92. The van der Waals surface area contributed by atoms with E-state index < -0.39 is 5.66 Å². The highest BCUT2D eigenvalue weighted by Gasteiger charge is 2.42. The van der Waals surface area contributed by atoms with Gasteiger partial charge in [0.05, 0.1) is 5.69 Å². The van der Waals surface area contributed by atoms with E-state index in [2.05, 4.69) is 52.1 Å². The highest BCUT2D eigenvalue weighted by atomic mass is 15.4. The van der Waals surface area contributed by atoms with Crippen molar-refractivity contribution < 1.29 is 0 Å². The van der Waals surface area contributed by atoms with E-state index in [-0.39, 0.29) is 5.96 Å². The SMILES string of the molecule is Cc1ccnc(-c2ccc(N3C(N)=NC(N)=NC34CCCCC4)cc2)c1. The first-order valence-electron chi connectivity index (χ1n) is 9.10. The molecule has 134 valence electrons. The first-order valence-corrected chi connectivity index (χ1v) is 9.10. The lowest BCUT2D eigenvalue weighted by atomic mass is 9.87. The molecule has 0 atom stereocenters. The summed E-state index contributed by atoms with van der Waals surface area (Å²) in [6, 6.07) is 12.4. The van der Waals surface area contributed by atoms with Gasteiger partial charge in [-0.25, -0.2) is 4.99 Å². The number of guanidine groups is 2. The van der Waals surface area contributed by atoms with Crippen LogP contribution in [0.3, 0.4) is 0 Å². The summed E-state index contributed by atoms with van der Waals surface area (Å²) in [4.78, 5) is 15.4. The number of rotatable bonds is 2. The minimum atomic E-state index is -0.405. The van der Waals surface area contributed by atoms with Crippen LogP contribution in [0.15, 0.2) is 52.6 Å². The van der Waals surface area contributed by atoms with E-state index >= 15 is 0 Å². The van der Waals surface area contributed by atoms with Crippen LogP contribution in [-0.4, -0.2) is 22.6 Å². The summed E-state index contributed by atoms with van der Waals surface area (Å²) in [5.74, 6) is 0.696.